The minimum Gasteiger partial charge on any atom is -0.370 e. The van der Waals surface area contributed by atoms with Gasteiger partial charge in [-0.25, -0.2) is 4.79 Å². The van der Waals surface area contributed by atoms with Gasteiger partial charge in [0.2, 0.25) is 47.3 Å². The van der Waals surface area contributed by atoms with Crippen LogP contribution in [0.3, 0.4) is 0 Å². The fourth-order valence-electron chi connectivity index (χ4n) is 12.2. The number of morpholine rings is 1. The number of rotatable bonds is 9. The molecule has 0 spiro atoms. The van der Waals surface area contributed by atoms with Gasteiger partial charge < -0.3 is 53.7 Å². The third kappa shape index (κ3) is 29.0. The predicted octanol–water partition coefficient (Wildman–Crippen LogP) is 10.3. The normalized spacial score (nSPS) is 20.8. The number of nitrogens with zero attached hydrogens (tertiary/aromatic N) is 10. The van der Waals surface area contributed by atoms with E-state index < -0.39 is 0 Å². The van der Waals surface area contributed by atoms with Gasteiger partial charge in [-0.1, -0.05) is 13.8 Å². The standard InChI is InChI=1S/2C9H17NO.2C8H15NO.C7H14N2O.C7H13NO2.3C7H13NO/c1-7(2)10-6-9(3,4)5-8(10)11;1-7(2)10-8(11)5-6-9(10,3)4;2*1-7(2)9-6-4-3-5-8(9)10;1-6(2)9-5-4-8(3)7(9)10;1-6(2)8-3-4-10-5-7(8)9;3*1-6(2)8-5-3-4-7(8)9/h2*7H,5-6H2,1-4H3;2*7H,3-6H2,1-2H3;6H,4-5H2,1-3H3;6H,3-5H2,1-2H3;3*6H,3-5H2,1-2H3. The Hall–Kier alpha value is -5.01. The average Bonchev–Trinajstić information content (AvgIpc) is 2.79. The van der Waals surface area contributed by atoms with Gasteiger partial charge >= 0.3 is 6.03 Å². The number of likely N-dealkylation sites (tertiary alicyclic amines) is 7. The minimum absolute atomic E-state index is 0.0885. The van der Waals surface area contributed by atoms with Crippen LogP contribution in [0.5, 0.6) is 0 Å². The third-order valence-corrected chi connectivity index (χ3v) is 17.2. The van der Waals surface area contributed by atoms with E-state index in [0.717, 1.165) is 136 Å². The van der Waals surface area contributed by atoms with Crippen LogP contribution in [0.15, 0.2) is 0 Å². The molecule has 20 heteroatoms. The van der Waals surface area contributed by atoms with Crippen LogP contribution in [-0.4, -0.2) is 241 Å². The molecule has 0 radical (unpaired) electrons. The largest absolute Gasteiger partial charge is 0.370 e. The fourth-order valence-corrected chi connectivity index (χ4v) is 12.2. The zero-order valence-corrected chi connectivity index (χ0v) is 60.6. The van der Waals surface area contributed by atoms with E-state index in [2.05, 4.69) is 125 Å². The minimum atomic E-state index is 0.0885. The quantitative estimate of drug-likeness (QED) is 0.214. The molecule has 10 amide bonds. The van der Waals surface area contributed by atoms with Crippen molar-refractivity contribution in [3.05, 3.63) is 0 Å². The Morgan fingerprint density at radius 1 is 0.326 bits per heavy atom. The molecule has 9 rings (SSSR count). The number of likely N-dealkylation sites (N-methyl/N-ethyl adjacent to an activating group) is 1. The molecule has 9 saturated heterocycles. The summed E-state index contributed by atoms with van der Waals surface area (Å²) in [5, 5.41) is 0. The second-order valence-corrected chi connectivity index (χ2v) is 29.0. The summed E-state index contributed by atoms with van der Waals surface area (Å²) in [5.74, 6) is 2.37. The molecule has 516 valence electrons. The van der Waals surface area contributed by atoms with E-state index in [4.69, 9.17) is 4.74 Å². The molecule has 0 bridgehead atoms. The smallest absolute Gasteiger partial charge is 0.320 e. The topological polar surface area (TPSA) is 195 Å². The van der Waals surface area contributed by atoms with Crippen LogP contribution in [0.25, 0.3) is 0 Å². The molecule has 20 nitrogen and oxygen atoms in total. The van der Waals surface area contributed by atoms with E-state index in [1.165, 1.54) is 12.8 Å². The van der Waals surface area contributed by atoms with Crippen LogP contribution >= 0.6 is 0 Å². The van der Waals surface area contributed by atoms with Crippen molar-refractivity contribution >= 4 is 53.3 Å². The first-order chi connectivity index (χ1) is 41.3. The maximum atomic E-state index is 11.4. The van der Waals surface area contributed by atoms with Gasteiger partial charge in [-0.15, -0.1) is 0 Å². The first-order valence-corrected chi connectivity index (χ1v) is 34.3. The second kappa shape index (κ2) is 40.1. The van der Waals surface area contributed by atoms with Crippen LogP contribution in [0.2, 0.25) is 0 Å². The molecular formula is C69H130N10O10. The molecule has 0 aromatic carbocycles. The summed E-state index contributed by atoms with van der Waals surface area (Å²) >= 11 is 0. The van der Waals surface area contributed by atoms with Crippen LogP contribution in [0.1, 0.15) is 249 Å². The fraction of sp³-hybridized carbons (Fsp3) is 0.870. The first kappa shape index (κ1) is 82.0. The lowest BCUT2D eigenvalue weighted by atomic mass is 9.93. The molecule has 0 aromatic heterocycles. The number of ether oxygens (including phenoxy) is 1. The highest BCUT2D eigenvalue weighted by Gasteiger charge is 2.39. The van der Waals surface area contributed by atoms with Crippen molar-refractivity contribution < 1.29 is 47.9 Å². The molecule has 9 heterocycles. The van der Waals surface area contributed by atoms with E-state index in [9.17, 15) is 43.2 Å². The molecule has 0 unspecified atom stereocenters. The lowest BCUT2D eigenvalue weighted by Crippen LogP contribution is -2.45. The molecular weight excluding hydrogens is 1130 g/mol. The highest BCUT2D eigenvalue weighted by atomic mass is 16.5. The number of amides is 10. The zero-order valence-electron chi connectivity index (χ0n) is 60.6. The monoisotopic (exact) mass is 1260 g/mol. The summed E-state index contributed by atoms with van der Waals surface area (Å²) in [6, 6.07) is 3.54. The van der Waals surface area contributed by atoms with Crippen molar-refractivity contribution in [1.82, 2.24) is 49.0 Å². The van der Waals surface area contributed by atoms with Crippen LogP contribution < -0.4 is 0 Å². The van der Waals surface area contributed by atoms with Crippen LogP contribution in [0, 0.1) is 5.41 Å². The van der Waals surface area contributed by atoms with E-state index >= 15 is 0 Å². The number of piperidine rings is 2. The Bertz CT molecular complexity index is 2030. The van der Waals surface area contributed by atoms with Crippen LogP contribution in [0.4, 0.5) is 4.79 Å². The third-order valence-electron chi connectivity index (χ3n) is 17.2. The lowest BCUT2D eigenvalue weighted by molar-refractivity contribution is -0.144. The number of carbonyl (C=O) groups is 9. The van der Waals surface area contributed by atoms with Gasteiger partial charge in [0, 0.05) is 171 Å². The summed E-state index contributed by atoms with van der Waals surface area (Å²) in [4.78, 5) is 119. The van der Waals surface area contributed by atoms with Crippen molar-refractivity contribution in [2.24, 2.45) is 5.41 Å². The van der Waals surface area contributed by atoms with Crippen molar-refractivity contribution in [3.8, 4) is 0 Å². The van der Waals surface area contributed by atoms with Gasteiger partial charge in [0.1, 0.15) is 6.61 Å². The number of urea groups is 1. The number of hydrogen-bond acceptors (Lipinski definition) is 10. The molecule has 9 aliphatic rings. The first-order valence-electron chi connectivity index (χ1n) is 34.3. The maximum Gasteiger partial charge on any atom is 0.320 e. The van der Waals surface area contributed by atoms with E-state index in [1.807, 2.05) is 78.8 Å². The molecule has 0 saturated carbocycles. The molecule has 0 atom stereocenters. The van der Waals surface area contributed by atoms with Crippen molar-refractivity contribution in [1.29, 1.82) is 0 Å². The summed E-state index contributed by atoms with van der Waals surface area (Å²) < 4.78 is 4.97. The molecule has 0 aliphatic carbocycles. The number of carbonyl (C=O) groups excluding carboxylic acids is 9. The highest BCUT2D eigenvalue weighted by Crippen LogP contribution is 2.32. The lowest BCUT2D eigenvalue weighted by Gasteiger charge is -2.35. The van der Waals surface area contributed by atoms with Crippen molar-refractivity contribution in [3.63, 3.8) is 0 Å². The van der Waals surface area contributed by atoms with Crippen LogP contribution in [-0.2, 0) is 43.1 Å². The Kier molecular flexibility index (Phi) is 36.9. The molecule has 0 aromatic rings. The van der Waals surface area contributed by atoms with E-state index in [0.29, 0.717) is 109 Å². The Labute approximate surface area is 541 Å². The summed E-state index contributed by atoms with van der Waals surface area (Å²) in [6.45, 7) is 54.8. The van der Waals surface area contributed by atoms with Gasteiger partial charge in [-0.05, 0) is 195 Å². The van der Waals surface area contributed by atoms with E-state index in [1.54, 1.807) is 4.90 Å². The summed E-state index contributed by atoms with van der Waals surface area (Å²) in [5.41, 5.74) is 0.284. The van der Waals surface area contributed by atoms with Gasteiger partial charge in [0.05, 0.1) is 6.61 Å². The number of hydrogen-bond donors (Lipinski definition) is 0. The molecule has 9 aliphatic heterocycles. The SMILES string of the molecule is CC(C)N1C(=O)CCC1(C)C.CC(C)N1CC(C)(C)CC1=O.CC(C)N1CCCC1=O.CC(C)N1CCCC1=O.CC(C)N1CCCC1=O.CC(C)N1CCCCC1=O.CC(C)N1CCCCC1=O.CC(C)N1CCN(C)C1=O.CC(C)N1CCOCC1=O. The maximum absolute atomic E-state index is 11.4. The van der Waals surface area contributed by atoms with Crippen molar-refractivity contribution in [2.75, 3.05) is 79.2 Å². The van der Waals surface area contributed by atoms with Gasteiger partial charge in [0.25, 0.3) is 0 Å². The van der Waals surface area contributed by atoms with Gasteiger partial charge in [-0.2, -0.15) is 0 Å². The Morgan fingerprint density at radius 3 is 0.831 bits per heavy atom. The summed E-state index contributed by atoms with van der Waals surface area (Å²) in [6.07, 6.45) is 14.0. The Balaban J connectivity index is 0.000000501. The predicted molar refractivity (Wildman–Crippen MR) is 358 cm³/mol. The molecule has 89 heavy (non-hydrogen) atoms. The molecule has 0 N–H and O–H groups in total. The Morgan fingerprint density at radius 2 is 0.652 bits per heavy atom. The second-order valence-electron chi connectivity index (χ2n) is 29.0. The summed E-state index contributed by atoms with van der Waals surface area (Å²) in [7, 11) is 1.84. The van der Waals surface area contributed by atoms with Crippen molar-refractivity contribution in [2.45, 2.75) is 309 Å². The van der Waals surface area contributed by atoms with E-state index in [-0.39, 0.29) is 29.5 Å². The molecule has 9 fully saturated rings. The highest BCUT2D eigenvalue weighted by molar-refractivity contribution is 5.82. The van der Waals surface area contributed by atoms with Gasteiger partial charge in [-0.3, -0.25) is 38.4 Å². The average molecular weight is 1260 g/mol. The zero-order chi connectivity index (χ0) is 68.3. The van der Waals surface area contributed by atoms with Gasteiger partial charge in [0.15, 0.2) is 0 Å².